The zero-order chi connectivity index (χ0) is 16.9. The number of carbonyl (C=O) groups excluding carboxylic acids is 1. The third-order valence-electron chi connectivity index (χ3n) is 5.46. The number of ether oxygens (including phenoxy) is 2. The fourth-order valence-corrected chi connectivity index (χ4v) is 4.26. The number of methoxy groups -OCH3 is 1. The van der Waals surface area contributed by atoms with Crippen LogP contribution < -0.4 is 10.1 Å². The Bertz CT molecular complexity index is 581. The maximum Gasteiger partial charge on any atom is 0.244 e. The van der Waals surface area contributed by atoms with Gasteiger partial charge in [-0.2, -0.15) is 0 Å². The van der Waals surface area contributed by atoms with Gasteiger partial charge >= 0.3 is 0 Å². The fourth-order valence-electron chi connectivity index (χ4n) is 4.26. The van der Waals surface area contributed by atoms with E-state index in [-0.39, 0.29) is 18.7 Å². The summed E-state index contributed by atoms with van der Waals surface area (Å²) in [5, 5.41) is 3.15. The second-order valence-corrected chi connectivity index (χ2v) is 7.09. The molecule has 24 heavy (non-hydrogen) atoms. The minimum absolute atomic E-state index is 0.00928. The highest BCUT2D eigenvalue weighted by atomic mass is 16.7. The smallest absolute Gasteiger partial charge is 0.244 e. The van der Waals surface area contributed by atoms with Crippen LogP contribution in [0.1, 0.15) is 38.2 Å². The molecule has 3 rings (SSSR count). The van der Waals surface area contributed by atoms with Crippen LogP contribution in [0.25, 0.3) is 6.08 Å². The van der Waals surface area contributed by atoms with Gasteiger partial charge in [0, 0.05) is 19.2 Å². The second kappa shape index (κ2) is 7.84. The molecule has 4 nitrogen and oxygen atoms in total. The summed E-state index contributed by atoms with van der Waals surface area (Å²) < 4.78 is 10.2. The van der Waals surface area contributed by atoms with Crippen LogP contribution in [0.2, 0.25) is 0 Å². The number of hydrogen-bond acceptors (Lipinski definition) is 3. The summed E-state index contributed by atoms with van der Waals surface area (Å²) in [6, 6.07) is 7.85. The Labute approximate surface area is 144 Å². The molecule has 4 heteroatoms. The Kier molecular flexibility index (Phi) is 5.56. The van der Waals surface area contributed by atoms with E-state index in [4.69, 9.17) is 9.47 Å². The van der Waals surface area contributed by atoms with Crippen LogP contribution in [-0.2, 0) is 9.53 Å². The van der Waals surface area contributed by atoms with Crippen LogP contribution in [0.3, 0.4) is 0 Å². The Morgan fingerprint density at radius 3 is 2.71 bits per heavy atom. The van der Waals surface area contributed by atoms with Gasteiger partial charge in [-0.05, 0) is 67.7 Å². The second-order valence-electron chi connectivity index (χ2n) is 7.09. The average Bonchev–Trinajstić information content (AvgIpc) is 3.22. The van der Waals surface area contributed by atoms with E-state index in [1.807, 2.05) is 30.3 Å². The molecule has 1 amide bonds. The maximum absolute atomic E-state index is 12.2. The summed E-state index contributed by atoms with van der Waals surface area (Å²) >= 11 is 0. The van der Waals surface area contributed by atoms with Crippen molar-refractivity contribution in [3.8, 4) is 5.75 Å². The lowest BCUT2D eigenvalue weighted by Gasteiger charge is -2.28. The Hall–Kier alpha value is -1.81. The zero-order valence-electron chi connectivity index (χ0n) is 14.5. The van der Waals surface area contributed by atoms with Crippen molar-refractivity contribution in [2.24, 2.45) is 17.8 Å². The molecular weight excluding hydrogens is 302 g/mol. The number of fused-ring (bicyclic) bond motifs is 2. The van der Waals surface area contributed by atoms with Crippen molar-refractivity contribution in [2.75, 3.05) is 13.9 Å². The first kappa shape index (κ1) is 17.0. The van der Waals surface area contributed by atoms with Gasteiger partial charge in [-0.15, -0.1) is 0 Å². The number of rotatable bonds is 7. The van der Waals surface area contributed by atoms with E-state index < -0.39 is 0 Å². The monoisotopic (exact) mass is 329 g/mol. The summed E-state index contributed by atoms with van der Waals surface area (Å²) in [5.41, 5.74) is 0.975. The molecule has 2 fully saturated rings. The summed E-state index contributed by atoms with van der Waals surface area (Å²) in [7, 11) is 1.59. The first-order chi connectivity index (χ1) is 11.7. The number of nitrogens with one attached hydrogen (secondary N) is 1. The highest BCUT2D eigenvalue weighted by Crippen LogP contribution is 2.49. The molecule has 0 spiro atoms. The van der Waals surface area contributed by atoms with Crippen molar-refractivity contribution in [2.45, 2.75) is 38.6 Å². The molecule has 1 aromatic carbocycles. The van der Waals surface area contributed by atoms with Crippen molar-refractivity contribution in [3.05, 3.63) is 35.9 Å². The van der Waals surface area contributed by atoms with E-state index in [0.717, 1.165) is 23.1 Å². The largest absolute Gasteiger partial charge is 0.468 e. The molecule has 0 heterocycles. The van der Waals surface area contributed by atoms with Crippen LogP contribution in [-0.4, -0.2) is 25.9 Å². The highest BCUT2D eigenvalue weighted by Gasteiger charge is 2.41. The summed E-state index contributed by atoms with van der Waals surface area (Å²) in [6.45, 7) is 2.39. The third-order valence-corrected chi connectivity index (χ3v) is 5.46. The normalized spacial score (nSPS) is 26.7. The SMILES string of the molecule is COCOc1ccc(/C=C/C(=O)NC(C)C2CC3CCC2C3)cc1. The fraction of sp³-hybridized carbons (Fsp3) is 0.550. The molecule has 130 valence electrons. The first-order valence-corrected chi connectivity index (χ1v) is 8.86. The molecule has 0 radical (unpaired) electrons. The quantitative estimate of drug-likeness (QED) is 0.614. The molecule has 2 saturated carbocycles. The van der Waals surface area contributed by atoms with E-state index in [1.54, 1.807) is 13.2 Å². The van der Waals surface area contributed by atoms with Crippen molar-refractivity contribution in [1.29, 1.82) is 0 Å². The van der Waals surface area contributed by atoms with E-state index >= 15 is 0 Å². The molecule has 1 N–H and O–H groups in total. The molecule has 4 unspecified atom stereocenters. The minimum Gasteiger partial charge on any atom is -0.468 e. The zero-order valence-corrected chi connectivity index (χ0v) is 14.5. The van der Waals surface area contributed by atoms with Gasteiger partial charge in [-0.25, -0.2) is 0 Å². The van der Waals surface area contributed by atoms with Crippen LogP contribution in [0, 0.1) is 17.8 Å². The Balaban J connectivity index is 1.48. The van der Waals surface area contributed by atoms with E-state index in [1.165, 1.54) is 25.7 Å². The first-order valence-electron chi connectivity index (χ1n) is 8.86. The van der Waals surface area contributed by atoms with Gasteiger partial charge in [0.1, 0.15) is 5.75 Å². The van der Waals surface area contributed by atoms with Gasteiger partial charge in [-0.3, -0.25) is 4.79 Å². The lowest BCUT2D eigenvalue weighted by Crippen LogP contribution is -2.39. The summed E-state index contributed by atoms with van der Waals surface area (Å²) in [6.07, 6.45) is 8.86. The molecule has 1 aromatic rings. The van der Waals surface area contributed by atoms with Crippen molar-refractivity contribution >= 4 is 12.0 Å². The standard InChI is InChI=1S/C20H27NO3/c1-14(19-12-16-3-7-17(19)11-16)21-20(22)10-6-15-4-8-18(9-5-15)24-13-23-2/h4-6,8-10,14,16-17,19H,3,7,11-13H2,1-2H3,(H,21,22)/b10-6+. The number of amides is 1. The Morgan fingerprint density at radius 1 is 1.29 bits per heavy atom. The number of benzene rings is 1. The Morgan fingerprint density at radius 2 is 2.08 bits per heavy atom. The molecular formula is C20H27NO3. The van der Waals surface area contributed by atoms with Crippen LogP contribution >= 0.6 is 0 Å². The molecule has 0 aromatic heterocycles. The van der Waals surface area contributed by atoms with E-state index in [9.17, 15) is 4.79 Å². The summed E-state index contributed by atoms with van der Waals surface area (Å²) in [4.78, 5) is 12.2. The van der Waals surface area contributed by atoms with Crippen molar-refractivity contribution in [3.63, 3.8) is 0 Å². The third kappa shape index (κ3) is 4.18. The number of hydrogen-bond donors (Lipinski definition) is 1. The molecule has 4 atom stereocenters. The van der Waals surface area contributed by atoms with Crippen LogP contribution in [0.5, 0.6) is 5.75 Å². The molecule has 0 saturated heterocycles. The molecule has 2 aliphatic carbocycles. The summed E-state index contributed by atoms with van der Waals surface area (Å²) in [5.74, 6) is 3.15. The predicted molar refractivity (Wildman–Crippen MR) is 94.5 cm³/mol. The number of carbonyl (C=O) groups is 1. The molecule has 2 bridgehead atoms. The lowest BCUT2D eigenvalue weighted by molar-refractivity contribution is -0.117. The average molecular weight is 329 g/mol. The highest BCUT2D eigenvalue weighted by molar-refractivity contribution is 5.91. The van der Waals surface area contributed by atoms with E-state index in [2.05, 4.69) is 12.2 Å². The van der Waals surface area contributed by atoms with Gasteiger partial charge in [0.2, 0.25) is 5.91 Å². The van der Waals surface area contributed by atoms with Crippen molar-refractivity contribution < 1.29 is 14.3 Å². The van der Waals surface area contributed by atoms with Gasteiger partial charge in [0.25, 0.3) is 0 Å². The van der Waals surface area contributed by atoms with E-state index in [0.29, 0.717) is 5.92 Å². The van der Waals surface area contributed by atoms with Gasteiger partial charge < -0.3 is 14.8 Å². The van der Waals surface area contributed by atoms with Crippen LogP contribution in [0.4, 0.5) is 0 Å². The van der Waals surface area contributed by atoms with Gasteiger partial charge in [-0.1, -0.05) is 18.6 Å². The topological polar surface area (TPSA) is 47.6 Å². The lowest BCUT2D eigenvalue weighted by atomic mass is 9.84. The minimum atomic E-state index is -0.00928. The maximum atomic E-state index is 12.2. The molecule has 0 aliphatic heterocycles. The van der Waals surface area contributed by atoms with Crippen molar-refractivity contribution in [1.82, 2.24) is 5.32 Å². The van der Waals surface area contributed by atoms with Gasteiger partial charge in [0.15, 0.2) is 6.79 Å². The van der Waals surface area contributed by atoms with Crippen LogP contribution in [0.15, 0.2) is 30.3 Å². The molecule has 2 aliphatic rings. The predicted octanol–water partition coefficient (Wildman–Crippen LogP) is 3.62. The van der Waals surface area contributed by atoms with Gasteiger partial charge in [0.05, 0.1) is 0 Å².